The number of hydrogen-bond acceptors (Lipinski definition) is 7. The topological polar surface area (TPSA) is 70.6 Å². The Labute approximate surface area is 147 Å². The van der Waals surface area contributed by atoms with Crippen molar-refractivity contribution in [3.63, 3.8) is 0 Å². The number of likely N-dealkylation sites (N-methyl/N-ethyl adjacent to an activating group) is 1. The minimum absolute atomic E-state index is 0.393. The predicted molar refractivity (Wildman–Crippen MR) is 97.5 cm³/mol. The van der Waals surface area contributed by atoms with Gasteiger partial charge < -0.3 is 19.9 Å². The molecule has 1 aliphatic heterocycles. The Balaban J connectivity index is 1.85. The number of ether oxygens (including phenoxy) is 1. The molecule has 2 heterocycles. The highest BCUT2D eigenvalue weighted by atomic mass is 16.5. The monoisotopic (exact) mass is 341 g/mol. The Kier molecular flexibility index (Phi) is 5.14. The summed E-state index contributed by atoms with van der Waals surface area (Å²) in [5.41, 5.74) is 1.96. The van der Waals surface area contributed by atoms with Crippen LogP contribution in [-0.2, 0) is 4.74 Å². The fourth-order valence-corrected chi connectivity index (χ4v) is 2.81. The molecule has 0 saturated carbocycles. The summed E-state index contributed by atoms with van der Waals surface area (Å²) in [6.07, 6.45) is 0. The molecule has 2 aromatic rings. The fraction of sp³-hybridized carbons (Fsp3) is 0.389. The van der Waals surface area contributed by atoms with Gasteiger partial charge in [-0.1, -0.05) is 12.1 Å². The Morgan fingerprint density at radius 1 is 1.16 bits per heavy atom. The summed E-state index contributed by atoms with van der Waals surface area (Å²) in [5, 5.41) is 3.16. The smallest absolute Gasteiger partial charge is 0.339 e. The Hall–Kier alpha value is -2.67. The first-order chi connectivity index (χ1) is 12.1. The number of nitrogens with zero attached hydrogens (tertiary/aromatic N) is 4. The van der Waals surface area contributed by atoms with Gasteiger partial charge in [-0.2, -0.15) is 4.98 Å². The van der Waals surface area contributed by atoms with Crippen LogP contribution in [0.5, 0.6) is 0 Å². The van der Waals surface area contributed by atoms with E-state index in [1.165, 1.54) is 7.11 Å². The molecule has 1 fully saturated rings. The van der Waals surface area contributed by atoms with Gasteiger partial charge in [-0.3, -0.25) is 0 Å². The third-order valence-electron chi connectivity index (χ3n) is 4.25. The second-order valence-corrected chi connectivity index (χ2v) is 6.14. The van der Waals surface area contributed by atoms with Crippen LogP contribution in [0.25, 0.3) is 0 Å². The molecule has 1 aliphatic rings. The van der Waals surface area contributed by atoms with E-state index >= 15 is 0 Å². The molecule has 132 valence electrons. The average Bonchev–Trinajstić information content (AvgIpc) is 2.61. The van der Waals surface area contributed by atoms with Crippen LogP contribution in [0.15, 0.2) is 30.3 Å². The first-order valence-corrected chi connectivity index (χ1v) is 8.30. The molecule has 0 aliphatic carbocycles. The zero-order chi connectivity index (χ0) is 17.8. The molecule has 7 heteroatoms. The van der Waals surface area contributed by atoms with Crippen molar-refractivity contribution in [1.82, 2.24) is 14.9 Å². The Morgan fingerprint density at radius 2 is 1.88 bits per heavy atom. The van der Waals surface area contributed by atoms with Gasteiger partial charge in [0.15, 0.2) is 0 Å². The number of nitrogens with one attached hydrogen (secondary N) is 1. The highest BCUT2D eigenvalue weighted by Crippen LogP contribution is 2.22. The molecular weight excluding hydrogens is 318 g/mol. The van der Waals surface area contributed by atoms with E-state index in [1.807, 2.05) is 25.1 Å². The van der Waals surface area contributed by atoms with Crippen molar-refractivity contribution in [3.05, 3.63) is 41.6 Å². The molecule has 1 aromatic heterocycles. The van der Waals surface area contributed by atoms with E-state index in [0.29, 0.717) is 17.2 Å². The number of hydrogen-bond donors (Lipinski definition) is 1. The fourth-order valence-electron chi connectivity index (χ4n) is 2.81. The van der Waals surface area contributed by atoms with Crippen LogP contribution in [0.1, 0.15) is 16.1 Å². The summed E-state index contributed by atoms with van der Waals surface area (Å²) >= 11 is 0. The van der Waals surface area contributed by atoms with Crippen molar-refractivity contribution in [1.29, 1.82) is 0 Å². The first-order valence-electron chi connectivity index (χ1n) is 8.30. The largest absolute Gasteiger partial charge is 0.465 e. The van der Waals surface area contributed by atoms with Gasteiger partial charge in [0.2, 0.25) is 5.95 Å². The average molecular weight is 341 g/mol. The number of piperazine rings is 1. The number of methoxy groups -OCH3 is 1. The molecule has 0 amide bonds. The zero-order valence-electron chi connectivity index (χ0n) is 14.8. The van der Waals surface area contributed by atoms with Crippen molar-refractivity contribution in [2.45, 2.75) is 6.92 Å². The summed E-state index contributed by atoms with van der Waals surface area (Å²) in [6, 6.07) is 9.16. The van der Waals surface area contributed by atoms with Gasteiger partial charge in [-0.25, -0.2) is 9.78 Å². The van der Waals surface area contributed by atoms with Crippen molar-refractivity contribution in [2.24, 2.45) is 0 Å². The third kappa shape index (κ3) is 4.06. The van der Waals surface area contributed by atoms with E-state index in [-0.39, 0.29) is 0 Å². The lowest BCUT2D eigenvalue weighted by Gasteiger charge is -2.33. The van der Waals surface area contributed by atoms with Crippen LogP contribution in [0.4, 0.5) is 17.5 Å². The molecule has 1 N–H and O–H groups in total. The number of aromatic nitrogens is 2. The predicted octanol–water partition coefficient (Wildman–Crippen LogP) is 2.07. The van der Waals surface area contributed by atoms with Crippen molar-refractivity contribution >= 4 is 23.4 Å². The molecule has 0 spiro atoms. The van der Waals surface area contributed by atoms with E-state index < -0.39 is 5.97 Å². The molecule has 0 atom stereocenters. The lowest BCUT2D eigenvalue weighted by atomic mass is 10.2. The number of aryl methyl sites for hydroxylation is 1. The highest BCUT2D eigenvalue weighted by Gasteiger charge is 2.17. The Morgan fingerprint density at radius 3 is 2.60 bits per heavy atom. The van der Waals surface area contributed by atoms with Gasteiger partial charge in [0.1, 0.15) is 5.82 Å². The van der Waals surface area contributed by atoms with Crippen LogP contribution >= 0.6 is 0 Å². The molecule has 1 aromatic carbocycles. The lowest BCUT2D eigenvalue weighted by molar-refractivity contribution is 0.0602. The standard InChI is InChI=1S/C18H23N5O2/c1-13-12-16(23-10-8-22(2)9-11-23)21-18(19-13)20-15-7-5-4-6-14(15)17(24)25-3/h4-7,12H,8-11H2,1-3H3,(H,19,20,21). The lowest BCUT2D eigenvalue weighted by Crippen LogP contribution is -2.44. The summed E-state index contributed by atoms with van der Waals surface area (Å²) < 4.78 is 4.83. The molecule has 7 nitrogen and oxygen atoms in total. The maximum atomic E-state index is 11.9. The van der Waals surface area contributed by atoms with Crippen molar-refractivity contribution in [3.8, 4) is 0 Å². The number of rotatable bonds is 4. The van der Waals surface area contributed by atoms with Gasteiger partial charge >= 0.3 is 5.97 Å². The van der Waals surface area contributed by atoms with E-state index in [9.17, 15) is 4.79 Å². The highest BCUT2D eigenvalue weighted by molar-refractivity contribution is 5.96. The summed E-state index contributed by atoms with van der Waals surface area (Å²) in [7, 11) is 3.49. The normalized spacial score (nSPS) is 15.1. The zero-order valence-corrected chi connectivity index (χ0v) is 14.8. The second kappa shape index (κ2) is 7.48. The number of esters is 1. The SMILES string of the molecule is COC(=O)c1ccccc1Nc1nc(C)cc(N2CCN(C)CC2)n1. The van der Waals surface area contributed by atoms with Crippen molar-refractivity contribution in [2.75, 3.05) is 50.6 Å². The molecule has 0 unspecified atom stereocenters. The molecule has 0 radical (unpaired) electrons. The van der Waals surface area contributed by atoms with Crippen LogP contribution in [0.3, 0.4) is 0 Å². The molecular formula is C18H23N5O2. The van der Waals surface area contributed by atoms with E-state index in [2.05, 4.69) is 32.1 Å². The van der Waals surface area contributed by atoms with Crippen LogP contribution in [0, 0.1) is 6.92 Å². The minimum Gasteiger partial charge on any atom is -0.465 e. The van der Waals surface area contributed by atoms with Crippen LogP contribution < -0.4 is 10.2 Å². The summed E-state index contributed by atoms with van der Waals surface area (Å²) in [4.78, 5) is 25.6. The molecule has 0 bridgehead atoms. The maximum Gasteiger partial charge on any atom is 0.339 e. The summed E-state index contributed by atoms with van der Waals surface area (Å²) in [6.45, 7) is 5.84. The minimum atomic E-state index is -0.393. The molecule has 3 rings (SSSR count). The van der Waals surface area contributed by atoms with Gasteiger partial charge in [0.25, 0.3) is 0 Å². The van der Waals surface area contributed by atoms with Gasteiger partial charge in [0.05, 0.1) is 18.4 Å². The summed E-state index contributed by atoms with van der Waals surface area (Å²) in [5.74, 6) is 0.985. The van der Waals surface area contributed by atoms with Crippen molar-refractivity contribution < 1.29 is 9.53 Å². The van der Waals surface area contributed by atoms with Gasteiger partial charge in [-0.05, 0) is 26.1 Å². The molecule has 1 saturated heterocycles. The third-order valence-corrected chi connectivity index (χ3v) is 4.25. The van der Waals surface area contributed by atoms with Gasteiger partial charge in [-0.15, -0.1) is 0 Å². The van der Waals surface area contributed by atoms with Gasteiger partial charge in [0, 0.05) is 37.9 Å². The number of anilines is 3. The number of benzene rings is 1. The Bertz CT molecular complexity index is 757. The first kappa shape index (κ1) is 17.2. The number of carbonyl (C=O) groups excluding carboxylic acids is 1. The quantitative estimate of drug-likeness (QED) is 0.854. The van der Waals surface area contributed by atoms with Crippen LogP contribution in [-0.4, -0.2) is 61.2 Å². The second-order valence-electron chi connectivity index (χ2n) is 6.14. The maximum absolute atomic E-state index is 11.9. The van der Waals surface area contributed by atoms with E-state index in [1.54, 1.807) is 12.1 Å². The van der Waals surface area contributed by atoms with Crippen LogP contribution in [0.2, 0.25) is 0 Å². The molecule has 25 heavy (non-hydrogen) atoms. The van der Waals surface area contributed by atoms with E-state index in [4.69, 9.17) is 4.74 Å². The van der Waals surface area contributed by atoms with E-state index in [0.717, 1.165) is 37.7 Å². The number of para-hydroxylation sites is 1. The number of carbonyl (C=O) groups is 1.